The lowest BCUT2D eigenvalue weighted by atomic mass is 10.1. The first-order valence-electron chi connectivity index (χ1n) is 6.94. The van der Waals surface area contributed by atoms with E-state index in [1.165, 1.54) is 29.9 Å². The SMILES string of the molecule is c1ccc(CCN[C@@H]2CC[C@H]3SCCS[C@H]23)cc1. The molecule has 1 aliphatic heterocycles. The molecule has 1 N–H and O–H groups in total. The topological polar surface area (TPSA) is 12.0 Å². The van der Waals surface area contributed by atoms with Crippen LogP contribution in [0.25, 0.3) is 0 Å². The Hall–Kier alpha value is -0.120. The van der Waals surface area contributed by atoms with Gasteiger partial charge in [-0.1, -0.05) is 30.3 Å². The second-order valence-corrected chi connectivity index (χ2v) is 7.75. The van der Waals surface area contributed by atoms with Crippen molar-refractivity contribution in [1.82, 2.24) is 5.32 Å². The Bertz CT molecular complexity index is 368. The molecule has 98 valence electrons. The molecule has 0 radical (unpaired) electrons. The first-order chi connectivity index (χ1) is 8.93. The smallest absolute Gasteiger partial charge is 0.0320 e. The van der Waals surface area contributed by atoms with Crippen LogP contribution in [0.3, 0.4) is 0 Å². The third-order valence-corrected chi connectivity index (χ3v) is 7.22. The van der Waals surface area contributed by atoms with Crippen LogP contribution in [0, 0.1) is 0 Å². The fourth-order valence-corrected chi connectivity index (χ4v) is 6.30. The van der Waals surface area contributed by atoms with Crippen LogP contribution in [0.5, 0.6) is 0 Å². The van der Waals surface area contributed by atoms with E-state index in [0.717, 1.165) is 29.5 Å². The Labute approximate surface area is 119 Å². The van der Waals surface area contributed by atoms with E-state index in [-0.39, 0.29) is 0 Å². The van der Waals surface area contributed by atoms with Crippen molar-refractivity contribution in [3.8, 4) is 0 Å². The molecule has 1 aromatic carbocycles. The van der Waals surface area contributed by atoms with Gasteiger partial charge in [-0.2, -0.15) is 23.5 Å². The Morgan fingerprint density at radius 1 is 1.06 bits per heavy atom. The maximum Gasteiger partial charge on any atom is 0.0320 e. The van der Waals surface area contributed by atoms with Gasteiger partial charge in [-0.15, -0.1) is 0 Å². The van der Waals surface area contributed by atoms with Gasteiger partial charge >= 0.3 is 0 Å². The van der Waals surface area contributed by atoms with E-state index in [0.29, 0.717) is 0 Å². The number of nitrogens with one attached hydrogen (secondary N) is 1. The number of fused-ring (bicyclic) bond motifs is 1. The molecule has 0 spiro atoms. The third kappa shape index (κ3) is 3.06. The van der Waals surface area contributed by atoms with Crippen molar-refractivity contribution in [2.24, 2.45) is 0 Å². The van der Waals surface area contributed by atoms with Gasteiger partial charge in [0.2, 0.25) is 0 Å². The van der Waals surface area contributed by atoms with E-state index in [1.54, 1.807) is 0 Å². The molecule has 2 fully saturated rings. The third-order valence-electron chi connectivity index (χ3n) is 3.91. The quantitative estimate of drug-likeness (QED) is 0.909. The zero-order valence-electron chi connectivity index (χ0n) is 10.7. The summed E-state index contributed by atoms with van der Waals surface area (Å²) in [6.45, 7) is 1.13. The minimum absolute atomic E-state index is 0.761. The van der Waals surface area contributed by atoms with Crippen molar-refractivity contribution in [1.29, 1.82) is 0 Å². The van der Waals surface area contributed by atoms with Crippen LogP contribution in [0.4, 0.5) is 0 Å². The van der Waals surface area contributed by atoms with Crippen LogP contribution in [0.15, 0.2) is 30.3 Å². The molecule has 1 aromatic rings. The van der Waals surface area contributed by atoms with Crippen LogP contribution in [-0.4, -0.2) is 34.6 Å². The Morgan fingerprint density at radius 3 is 2.78 bits per heavy atom. The first-order valence-corrected chi connectivity index (χ1v) is 9.04. The Morgan fingerprint density at radius 2 is 1.89 bits per heavy atom. The minimum Gasteiger partial charge on any atom is -0.313 e. The summed E-state index contributed by atoms with van der Waals surface area (Å²) in [6, 6.07) is 11.6. The summed E-state index contributed by atoms with van der Waals surface area (Å²) in [5.74, 6) is 2.71. The van der Waals surface area contributed by atoms with Crippen molar-refractivity contribution >= 4 is 23.5 Å². The average Bonchev–Trinajstić information content (AvgIpc) is 2.84. The number of rotatable bonds is 4. The summed E-state index contributed by atoms with van der Waals surface area (Å²) < 4.78 is 0. The van der Waals surface area contributed by atoms with Gasteiger partial charge < -0.3 is 5.32 Å². The maximum absolute atomic E-state index is 3.80. The standard InChI is InChI=1S/C15H21NS2/c1-2-4-12(5-3-1)8-9-16-13-6-7-14-15(13)18-11-10-17-14/h1-5,13-16H,6-11H2/t13-,14-,15-/m1/s1. The normalized spacial score (nSPS) is 31.2. The highest BCUT2D eigenvalue weighted by Crippen LogP contribution is 2.41. The summed E-state index contributed by atoms with van der Waals surface area (Å²) in [7, 11) is 0. The molecule has 1 saturated heterocycles. The van der Waals surface area contributed by atoms with Crippen molar-refractivity contribution < 1.29 is 0 Å². The van der Waals surface area contributed by atoms with E-state index in [9.17, 15) is 0 Å². The van der Waals surface area contributed by atoms with Gasteiger partial charge in [0.1, 0.15) is 0 Å². The van der Waals surface area contributed by atoms with Gasteiger partial charge in [-0.3, -0.25) is 0 Å². The molecule has 18 heavy (non-hydrogen) atoms. The summed E-state index contributed by atoms with van der Waals surface area (Å²) in [5, 5.41) is 5.60. The Balaban J connectivity index is 1.46. The molecule has 3 atom stereocenters. The second-order valence-electron chi connectivity index (χ2n) is 5.12. The van der Waals surface area contributed by atoms with Crippen molar-refractivity contribution in [3.63, 3.8) is 0 Å². The molecule has 1 saturated carbocycles. The van der Waals surface area contributed by atoms with Crippen LogP contribution in [0.2, 0.25) is 0 Å². The van der Waals surface area contributed by atoms with Gasteiger partial charge in [0.15, 0.2) is 0 Å². The average molecular weight is 279 g/mol. The largest absolute Gasteiger partial charge is 0.313 e. The van der Waals surface area contributed by atoms with Crippen LogP contribution < -0.4 is 5.32 Å². The van der Waals surface area contributed by atoms with E-state index in [2.05, 4.69) is 59.2 Å². The molecule has 3 rings (SSSR count). The van der Waals surface area contributed by atoms with E-state index < -0.39 is 0 Å². The van der Waals surface area contributed by atoms with E-state index in [4.69, 9.17) is 0 Å². The molecule has 3 heteroatoms. The predicted molar refractivity (Wildman–Crippen MR) is 83.7 cm³/mol. The van der Waals surface area contributed by atoms with Crippen molar-refractivity contribution in [3.05, 3.63) is 35.9 Å². The maximum atomic E-state index is 3.80. The molecule has 0 aromatic heterocycles. The van der Waals surface area contributed by atoms with Gasteiger partial charge in [0, 0.05) is 28.0 Å². The predicted octanol–water partition coefficient (Wildman–Crippen LogP) is 3.20. The molecule has 0 bridgehead atoms. The molecule has 1 heterocycles. The molecular weight excluding hydrogens is 258 g/mol. The molecular formula is C15H21NS2. The summed E-state index contributed by atoms with van der Waals surface area (Å²) in [6.07, 6.45) is 3.96. The summed E-state index contributed by atoms with van der Waals surface area (Å²) in [4.78, 5) is 0. The highest BCUT2D eigenvalue weighted by Gasteiger charge is 2.38. The highest BCUT2D eigenvalue weighted by atomic mass is 32.2. The van der Waals surface area contributed by atoms with Crippen molar-refractivity contribution in [2.75, 3.05) is 18.1 Å². The lowest BCUT2D eigenvalue weighted by Crippen LogP contribution is -2.39. The van der Waals surface area contributed by atoms with E-state index in [1.807, 2.05) is 0 Å². The zero-order chi connectivity index (χ0) is 12.2. The minimum atomic E-state index is 0.761. The Kier molecular flexibility index (Phi) is 4.55. The van der Waals surface area contributed by atoms with Crippen LogP contribution in [0.1, 0.15) is 18.4 Å². The molecule has 1 nitrogen and oxygen atoms in total. The molecule has 0 amide bonds. The molecule has 1 aliphatic carbocycles. The summed E-state index contributed by atoms with van der Waals surface area (Å²) in [5.41, 5.74) is 1.45. The molecule has 0 unspecified atom stereocenters. The van der Waals surface area contributed by atoms with Crippen molar-refractivity contribution in [2.45, 2.75) is 35.8 Å². The fourth-order valence-electron chi connectivity index (χ4n) is 2.98. The number of hydrogen-bond donors (Lipinski definition) is 1. The van der Waals surface area contributed by atoms with Gasteiger partial charge in [0.25, 0.3) is 0 Å². The molecule has 2 aliphatic rings. The monoisotopic (exact) mass is 279 g/mol. The lowest BCUT2D eigenvalue weighted by molar-refractivity contribution is 0.536. The number of hydrogen-bond acceptors (Lipinski definition) is 3. The lowest BCUT2D eigenvalue weighted by Gasteiger charge is -2.28. The van der Waals surface area contributed by atoms with Gasteiger partial charge in [-0.25, -0.2) is 0 Å². The highest BCUT2D eigenvalue weighted by molar-refractivity contribution is 8.07. The number of benzene rings is 1. The summed E-state index contributed by atoms with van der Waals surface area (Å²) >= 11 is 4.41. The van der Waals surface area contributed by atoms with Crippen LogP contribution in [-0.2, 0) is 6.42 Å². The van der Waals surface area contributed by atoms with Gasteiger partial charge in [0.05, 0.1) is 0 Å². The second kappa shape index (κ2) is 6.36. The first kappa shape index (κ1) is 12.9. The fraction of sp³-hybridized carbons (Fsp3) is 0.600. The van der Waals surface area contributed by atoms with Gasteiger partial charge in [-0.05, 0) is 31.4 Å². The number of thioether (sulfide) groups is 2. The zero-order valence-corrected chi connectivity index (χ0v) is 12.3. The van der Waals surface area contributed by atoms with E-state index >= 15 is 0 Å². The van der Waals surface area contributed by atoms with Crippen LogP contribution >= 0.6 is 23.5 Å².